The quantitative estimate of drug-likeness (QED) is 0.325. The summed E-state index contributed by atoms with van der Waals surface area (Å²) in [5.74, 6) is -0.665. The molecular weight excluding hydrogens is 608 g/mol. The first-order valence-electron chi connectivity index (χ1n) is 15.1. The fourth-order valence-corrected chi connectivity index (χ4v) is 6.50. The van der Waals surface area contributed by atoms with E-state index in [1.807, 2.05) is 69.3 Å². The van der Waals surface area contributed by atoms with Gasteiger partial charge in [-0.3, -0.25) is 19.0 Å². The summed E-state index contributed by atoms with van der Waals surface area (Å²) in [7, 11) is 4.35. The van der Waals surface area contributed by atoms with E-state index in [0.717, 1.165) is 27.7 Å². The summed E-state index contributed by atoms with van der Waals surface area (Å²) in [6.45, 7) is 6.85. The molecule has 5 rings (SSSR count). The number of methoxy groups -OCH3 is 1. The number of nitrogens with zero attached hydrogens (tertiary/aromatic N) is 3. The molecule has 3 heterocycles. The van der Waals surface area contributed by atoms with Crippen LogP contribution in [-0.2, 0) is 31.0 Å². The highest BCUT2D eigenvalue weighted by atomic mass is 35.5. The van der Waals surface area contributed by atoms with E-state index in [-0.39, 0.29) is 17.5 Å². The van der Waals surface area contributed by atoms with E-state index in [9.17, 15) is 19.2 Å². The number of carbonyl (C=O) groups excluding carboxylic acids is 2. The van der Waals surface area contributed by atoms with Crippen molar-refractivity contribution in [3.05, 3.63) is 109 Å². The number of benzene rings is 1. The maximum atomic E-state index is 13.9. The number of hydrogen-bond acceptors (Lipinski definition) is 7. The highest BCUT2D eigenvalue weighted by molar-refractivity contribution is 6.32. The molecule has 3 atom stereocenters. The lowest BCUT2D eigenvalue weighted by molar-refractivity contribution is -0.126. The van der Waals surface area contributed by atoms with Crippen molar-refractivity contribution in [1.29, 1.82) is 0 Å². The van der Waals surface area contributed by atoms with Gasteiger partial charge in [0.2, 0.25) is 11.8 Å². The summed E-state index contributed by atoms with van der Waals surface area (Å²) in [6, 6.07) is 11.2. The molecule has 2 amide bonds. The van der Waals surface area contributed by atoms with Crippen LogP contribution in [0.25, 0.3) is 5.57 Å². The average Bonchev–Trinajstić information content (AvgIpc) is 3.29. The van der Waals surface area contributed by atoms with Gasteiger partial charge in [0.15, 0.2) is 0 Å². The van der Waals surface area contributed by atoms with Crippen LogP contribution in [0.4, 0.5) is 0 Å². The van der Waals surface area contributed by atoms with Crippen LogP contribution in [0.5, 0.6) is 5.88 Å². The third kappa shape index (κ3) is 6.04. The summed E-state index contributed by atoms with van der Waals surface area (Å²) in [4.78, 5) is 56.4. The lowest BCUT2D eigenvalue weighted by Crippen LogP contribution is -2.52. The number of amides is 2. The van der Waals surface area contributed by atoms with E-state index in [1.165, 1.54) is 32.0 Å². The Morgan fingerprint density at radius 2 is 1.89 bits per heavy atom. The Bertz CT molecular complexity index is 1880. The fourth-order valence-electron chi connectivity index (χ4n) is 6.25. The lowest BCUT2D eigenvalue weighted by Gasteiger charge is -2.40. The van der Waals surface area contributed by atoms with Crippen LogP contribution >= 0.6 is 11.6 Å². The number of allylic oxidation sites excluding steroid dienone is 2. The van der Waals surface area contributed by atoms with E-state index < -0.39 is 34.0 Å². The van der Waals surface area contributed by atoms with Crippen molar-refractivity contribution in [2.24, 2.45) is 25.4 Å². The number of aryl methyl sites for hydroxylation is 1. The maximum absolute atomic E-state index is 13.9. The average molecular weight is 647 g/mol. The van der Waals surface area contributed by atoms with E-state index in [0.29, 0.717) is 29.7 Å². The van der Waals surface area contributed by atoms with Gasteiger partial charge in [0.05, 0.1) is 12.8 Å². The Hall–Kier alpha value is -4.48. The summed E-state index contributed by atoms with van der Waals surface area (Å²) in [6.07, 6.45) is 7.59. The van der Waals surface area contributed by atoms with Gasteiger partial charge >= 0.3 is 5.69 Å². The predicted molar refractivity (Wildman–Crippen MR) is 177 cm³/mol. The minimum atomic E-state index is -1.24. The fraction of sp³-hybridized carbons (Fsp3) is 0.382. The van der Waals surface area contributed by atoms with Gasteiger partial charge in [0, 0.05) is 61.3 Å². The molecule has 0 spiro atoms. The normalized spacial score (nSPS) is 21.9. The molecule has 1 saturated heterocycles. The highest BCUT2D eigenvalue weighted by Crippen LogP contribution is 2.44. The Balaban J connectivity index is 1.51. The molecule has 46 heavy (non-hydrogen) atoms. The van der Waals surface area contributed by atoms with Crippen LogP contribution in [-0.4, -0.2) is 45.6 Å². The number of hydrogen-bond donors (Lipinski definition) is 3. The number of rotatable bonds is 9. The Labute approximate surface area is 272 Å². The molecule has 1 fully saturated rings. The summed E-state index contributed by atoms with van der Waals surface area (Å²) in [5, 5.41) is 10.1. The number of carbonyl (C=O) groups is 2. The molecule has 1 aromatic carbocycles. The van der Waals surface area contributed by atoms with Gasteiger partial charge in [0.1, 0.15) is 11.1 Å². The van der Waals surface area contributed by atoms with Gasteiger partial charge in [-0.25, -0.2) is 9.78 Å². The lowest BCUT2D eigenvalue weighted by atomic mass is 9.72. The van der Waals surface area contributed by atoms with Crippen LogP contribution in [0.1, 0.15) is 54.4 Å². The topological polar surface area (TPSA) is 136 Å². The van der Waals surface area contributed by atoms with Crippen molar-refractivity contribution in [3.8, 4) is 5.88 Å². The van der Waals surface area contributed by atoms with Crippen molar-refractivity contribution < 1.29 is 14.3 Å². The molecular formula is C34H39ClN6O5. The van der Waals surface area contributed by atoms with Crippen LogP contribution in [0, 0.1) is 11.3 Å². The summed E-state index contributed by atoms with van der Waals surface area (Å²) < 4.78 is 7.82. The SMILES string of the molecule is COc1nc(C2(NC(=O)c3cn(C)c(=O)n(C)c3=O)C=CC=C(c3ccccc3Cl)[C@@H]2C)ccc1CNCC1CC(C)(C)C(=O)N1. The van der Waals surface area contributed by atoms with Crippen molar-refractivity contribution in [1.82, 2.24) is 30.1 Å². The van der Waals surface area contributed by atoms with Crippen molar-refractivity contribution in [3.63, 3.8) is 0 Å². The molecule has 12 heteroatoms. The Morgan fingerprint density at radius 1 is 1.15 bits per heavy atom. The monoisotopic (exact) mass is 646 g/mol. The first kappa shape index (κ1) is 32.9. The smallest absolute Gasteiger partial charge is 0.330 e. The Kier molecular flexibility index (Phi) is 9.10. The predicted octanol–water partition coefficient (Wildman–Crippen LogP) is 3.06. The molecule has 0 saturated carbocycles. The molecule has 2 unspecified atom stereocenters. The zero-order valence-corrected chi connectivity index (χ0v) is 27.6. The third-order valence-corrected chi connectivity index (χ3v) is 9.28. The van der Waals surface area contributed by atoms with E-state index in [1.54, 1.807) is 6.07 Å². The molecule has 2 aliphatic rings. The van der Waals surface area contributed by atoms with Crippen molar-refractivity contribution in [2.45, 2.75) is 45.3 Å². The molecule has 0 bridgehead atoms. The van der Waals surface area contributed by atoms with Crippen LogP contribution in [0.3, 0.4) is 0 Å². The molecule has 3 aromatic rings. The summed E-state index contributed by atoms with van der Waals surface area (Å²) >= 11 is 6.63. The molecule has 1 aliphatic heterocycles. The second-order valence-electron chi connectivity index (χ2n) is 12.6. The van der Waals surface area contributed by atoms with Crippen LogP contribution < -0.4 is 31.9 Å². The molecule has 11 nitrogen and oxygen atoms in total. The van der Waals surface area contributed by atoms with Crippen molar-refractivity contribution in [2.75, 3.05) is 13.7 Å². The summed E-state index contributed by atoms with van der Waals surface area (Å²) in [5.41, 5.74) is -0.146. The van der Waals surface area contributed by atoms with Gasteiger partial charge in [0.25, 0.3) is 11.5 Å². The molecule has 2 aromatic heterocycles. The van der Waals surface area contributed by atoms with E-state index >= 15 is 0 Å². The molecule has 3 N–H and O–H groups in total. The largest absolute Gasteiger partial charge is 0.481 e. The highest BCUT2D eigenvalue weighted by Gasteiger charge is 2.43. The molecule has 0 radical (unpaired) electrons. The molecule has 242 valence electrons. The zero-order chi connectivity index (χ0) is 33.4. The number of ether oxygens (including phenoxy) is 1. The van der Waals surface area contributed by atoms with Gasteiger partial charge < -0.3 is 25.3 Å². The van der Waals surface area contributed by atoms with Gasteiger partial charge in [-0.1, -0.05) is 74.9 Å². The van der Waals surface area contributed by atoms with Gasteiger partial charge in [-0.2, -0.15) is 0 Å². The molecule has 1 aliphatic carbocycles. The van der Waals surface area contributed by atoms with Gasteiger partial charge in [-0.05, 0) is 29.7 Å². The van der Waals surface area contributed by atoms with Crippen molar-refractivity contribution >= 4 is 29.0 Å². The first-order valence-corrected chi connectivity index (χ1v) is 15.5. The first-order chi connectivity index (χ1) is 21.8. The minimum Gasteiger partial charge on any atom is -0.481 e. The van der Waals surface area contributed by atoms with Crippen LogP contribution in [0.2, 0.25) is 5.02 Å². The zero-order valence-electron chi connectivity index (χ0n) is 26.8. The standard InChI is InChI=1S/C34H39ClN6O5/c1-20-23(24-10-7-8-12-26(24)35)11-9-15-34(20,39-28(42)25-19-40(4)32(45)41(5)30(25)43)27-14-13-21(29(38-27)46-6)17-36-18-22-16-33(2,3)31(44)37-22/h7-15,19-20,22,36H,16-18H2,1-6H3,(H,37,44)(H,39,42)/t20-,22?,34?/m0/s1. The second-order valence-corrected chi connectivity index (χ2v) is 13.0. The number of pyridine rings is 1. The maximum Gasteiger partial charge on any atom is 0.330 e. The van der Waals surface area contributed by atoms with Gasteiger partial charge in [-0.15, -0.1) is 0 Å². The number of nitrogens with one attached hydrogen (secondary N) is 3. The van der Waals surface area contributed by atoms with Crippen LogP contribution in [0.15, 0.2) is 70.4 Å². The number of aromatic nitrogens is 3. The van der Waals surface area contributed by atoms with E-state index in [2.05, 4.69) is 16.0 Å². The minimum absolute atomic E-state index is 0.0210. The second kappa shape index (κ2) is 12.7. The third-order valence-electron chi connectivity index (χ3n) is 8.95. The van der Waals surface area contributed by atoms with E-state index in [4.69, 9.17) is 21.3 Å². The Morgan fingerprint density at radius 3 is 2.57 bits per heavy atom. The number of halogens is 1.